The van der Waals surface area contributed by atoms with Gasteiger partial charge in [-0.1, -0.05) is 30.3 Å². The first-order valence-electron chi connectivity index (χ1n) is 6.79. The molecule has 2 N–H and O–H groups in total. The summed E-state index contributed by atoms with van der Waals surface area (Å²) >= 11 is 0. The maximum Gasteiger partial charge on any atom is 0.349 e. The molecule has 0 aliphatic heterocycles. The second-order valence-corrected chi connectivity index (χ2v) is 4.74. The highest BCUT2D eigenvalue weighted by Gasteiger charge is 2.12. The number of hydrogen-bond acceptors (Lipinski definition) is 5. The monoisotopic (exact) mass is 308 g/mol. The summed E-state index contributed by atoms with van der Waals surface area (Å²) in [5, 5.41) is 14.0. The minimum Gasteiger partial charge on any atom is -0.507 e. The zero-order valence-corrected chi connectivity index (χ0v) is 11.9. The third-order valence-corrected chi connectivity index (χ3v) is 3.19. The number of nitrogens with one attached hydrogen (secondary N) is 1. The van der Waals surface area contributed by atoms with Crippen LogP contribution in [0.1, 0.15) is 15.9 Å². The molecule has 0 atom stereocenters. The minimum atomic E-state index is -0.737. The van der Waals surface area contributed by atoms with Gasteiger partial charge in [0.15, 0.2) is 0 Å². The summed E-state index contributed by atoms with van der Waals surface area (Å²) in [6, 6.07) is 14.9. The Morgan fingerprint density at radius 2 is 1.87 bits per heavy atom. The Morgan fingerprint density at radius 1 is 1.13 bits per heavy atom. The summed E-state index contributed by atoms with van der Waals surface area (Å²) < 4.78 is 5.09. The maximum atomic E-state index is 12.0. The fourth-order valence-electron chi connectivity index (χ4n) is 2.04. The van der Waals surface area contributed by atoms with E-state index in [4.69, 9.17) is 4.42 Å². The predicted molar refractivity (Wildman–Crippen MR) is 85.7 cm³/mol. The van der Waals surface area contributed by atoms with Crippen LogP contribution in [0.15, 0.2) is 68.9 Å². The molecule has 0 unspecified atom stereocenters. The van der Waals surface area contributed by atoms with Gasteiger partial charge in [0.05, 0.1) is 6.21 Å². The van der Waals surface area contributed by atoms with E-state index in [0.717, 1.165) is 0 Å². The van der Waals surface area contributed by atoms with Crippen LogP contribution in [0.5, 0.6) is 5.75 Å². The van der Waals surface area contributed by atoms with E-state index in [2.05, 4.69) is 10.5 Å². The first kappa shape index (κ1) is 14.5. The van der Waals surface area contributed by atoms with Gasteiger partial charge in [0.2, 0.25) is 0 Å². The number of amides is 1. The average molecular weight is 308 g/mol. The quantitative estimate of drug-likeness (QED) is 0.441. The number of rotatable bonds is 3. The number of aromatic hydroxyl groups is 1. The van der Waals surface area contributed by atoms with E-state index < -0.39 is 11.5 Å². The Labute approximate surface area is 130 Å². The molecule has 114 valence electrons. The molecule has 6 nitrogen and oxygen atoms in total. The molecule has 3 rings (SSSR count). The van der Waals surface area contributed by atoms with Crippen LogP contribution < -0.4 is 11.1 Å². The van der Waals surface area contributed by atoms with Gasteiger partial charge in [0.1, 0.15) is 16.9 Å². The van der Waals surface area contributed by atoms with E-state index in [1.807, 2.05) is 0 Å². The molecule has 2 aromatic carbocycles. The van der Waals surface area contributed by atoms with Crippen molar-refractivity contribution in [2.45, 2.75) is 0 Å². The van der Waals surface area contributed by atoms with Crippen molar-refractivity contribution < 1.29 is 14.3 Å². The SMILES string of the molecule is O=C(NN=Cc1ccccc1O)c1cc2ccccc2oc1=O. The number of phenols is 1. The van der Waals surface area contributed by atoms with Crippen LogP contribution in [-0.4, -0.2) is 17.2 Å². The van der Waals surface area contributed by atoms with E-state index in [-0.39, 0.29) is 11.3 Å². The van der Waals surface area contributed by atoms with Crippen molar-refractivity contribution in [2.75, 3.05) is 0 Å². The van der Waals surface area contributed by atoms with Gasteiger partial charge in [0.25, 0.3) is 5.91 Å². The molecule has 1 heterocycles. The summed E-state index contributed by atoms with van der Waals surface area (Å²) in [5.41, 5.74) is 2.21. The number of fused-ring (bicyclic) bond motifs is 1. The topological polar surface area (TPSA) is 91.9 Å². The van der Waals surface area contributed by atoms with Crippen molar-refractivity contribution in [2.24, 2.45) is 5.10 Å². The van der Waals surface area contributed by atoms with Gasteiger partial charge in [-0.05, 0) is 24.3 Å². The number of hydrazone groups is 1. The van der Waals surface area contributed by atoms with Crippen molar-refractivity contribution in [3.05, 3.63) is 76.1 Å². The Hall–Kier alpha value is -3.41. The van der Waals surface area contributed by atoms with E-state index in [0.29, 0.717) is 16.5 Å². The highest BCUT2D eigenvalue weighted by Crippen LogP contribution is 2.13. The highest BCUT2D eigenvalue weighted by atomic mass is 16.4. The lowest BCUT2D eigenvalue weighted by Crippen LogP contribution is -2.24. The molecule has 0 fully saturated rings. The van der Waals surface area contributed by atoms with Crippen molar-refractivity contribution >= 4 is 23.1 Å². The van der Waals surface area contributed by atoms with E-state index in [1.165, 1.54) is 18.3 Å². The highest BCUT2D eigenvalue weighted by molar-refractivity contribution is 5.97. The number of carbonyl (C=O) groups excluding carboxylic acids is 1. The molecule has 0 radical (unpaired) electrons. The lowest BCUT2D eigenvalue weighted by Gasteiger charge is -2.01. The third-order valence-electron chi connectivity index (χ3n) is 3.19. The van der Waals surface area contributed by atoms with E-state index in [9.17, 15) is 14.7 Å². The Kier molecular flexibility index (Phi) is 3.88. The maximum absolute atomic E-state index is 12.0. The first-order valence-corrected chi connectivity index (χ1v) is 6.79. The molecule has 1 amide bonds. The van der Waals surface area contributed by atoms with Crippen LogP contribution in [0.4, 0.5) is 0 Å². The fraction of sp³-hybridized carbons (Fsp3) is 0. The van der Waals surface area contributed by atoms with Crippen LogP contribution in [0.3, 0.4) is 0 Å². The molecule has 0 saturated heterocycles. The number of hydrogen-bond donors (Lipinski definition) is 2. The molecule has 0 aliphatic rings. The largest absolute Gasteiger partial charge is 0.507 e. The molecule has 0 spiro atoms. The first-order chi connectivity index (χ1) is 11.1. The number of para-hydroxylation sites is 2. The normalized spacial score (nSPS) is 11.0. The molecule has 6 heteroatoms. The standard InChI is InChI=1S/C17H12N2O4/c20-14-7-3-1-6-12(14)10-18-19-16(21)13-9-11-5-2-4-8-15(11)23-17(13)22/h1-10,20H,(H,19,21). The number of benzene rings is 2. The van der Waals surface area contributed by atoms with Crippen LogP contribution >= 0.6 is 0 Å². The van der Waals surface area contributed by atoms with Crippen molar-refractivity contribution in [1.82, 2.24) is 5.43 Å². The van der Waals surface area contributed by atoms with Gasteiger partial charge < -0.3 is 9.52 Å². The molecule has 0 saturated carbocycles. The summed E-state index contributed by atoms with van der Waals surface area (Å²) in [7, 11) is 0. The molecular formula is C17H12N2O4. The Balaban J connectivity index is 1.82. The number of carbonyl (C=O) groups is 1. The summed E-state index contributed by atoms with van der Waals surface area (Å²) in [5.74, 6) is -0.646. The zero-order chi connectivity index (χ0) is 16.2. The van der Waals surface area contributed by atoms with Crippen LogP contribution in [0, 0.1) is 0 Å². The van der Waals surface area contributed by atoms with Crippen molar-refractivity contribution in [3.63, 3.8) is 0 Å². The minimum absolute atomic E-state index is 0.0377. The molecule has 0 aliphatic carbocycles. The molecule has 3 aromatic rings. The van der Waals surface area contributed by atoms with Gasteiger partial charge in [-0.2, -0.15) is 5.10 Å². The average Bonchev–Trinajstić information content (AvgIpc) is 2.56. The lowest BCUT2D eigenvalue weighted by molar-refractivity contribution is 0.0951. The van der Waals surface area contributed by atoms with Crippen molar-refractivity contribution in [3.8, 4) is 5.75 Å². The lowest BCUT2D eigenvalue weighted by atomic mass is 10.2. The zero-order valence-electron chi connectivity index (χ0n) is 11.9. The van der Waals surface area contributed by atoms with E-state index >= 15 is 0 Å². The van der Waals surface area contributed by atoms with Gasteiger partial charge >= 0.3 is 5.63 Å². The summed E-state index contributed by atoms with van der Waals surface area (Å²) in [4.78, 5) is 23.9. The predicted octanol–water partition coefficient (Wildman–Crippen LogP) is 2.26. The van der Waals surface area contributed by atoms with E-state index in [1.54, 1.807) is 42.5 Å². The van der Waals surface area contributed by atoms with Crippen LogP contribution in [0.25, 0.3) is 11.0 Å². The summed E-state index contributed by atoms with van der Waals surface area (Å²) in [6.45, 7) is 0. The van der Waals surface area contributed by atoms with Crippen molar-refractivity contribution in [1.29, 1.82) is 0 Å². The number of phenolic OH excluding ortho intramolecular Hbond substituents is 1. The van der Waals surface area contributed by atoms with Crippen LogP contribution in [0.2, 0.25) is 0 Å². The molecule has 1 aromatic heterocycles. The van der Waals surface area contributed by atoms with Crippen LogP contribution in [-0.2, 0) is 0 Å². The molecule has 0 bridgehead atoms. The van der Waals surface area contributed by atoms with Gasteiger partial charge in [0, 0.05) is 10.9 Å². The second-order valence-electron chi connectivity index (χ2n) is 4.74. The Morgan fingerprint density at radius 3 is 2.70 bits per heavy atom. The molecular weight excluding hydrogens is 296 g/mol. The van der Waals surface area contributed by atoms with Gasteiger partial charge in [-0.3, -0.25) is 4.79 Å². The molecule has 23 heavy (non-hydrogen) atoms. The third kappa shape index (κ3) is 3.11. The van der Waals surface area contributed by atoms with Gasteiger partial charge in [-0.15, -0.1) is 0 Å². The van der Waals surface area contributed by atoms with Gasteiger partial charge in [-0.25, -0.2) is 10.2 Å². The fourth-order valence-corrected chi connectivity index (χ4v) is 2.04. The number of nitrogens with zero attached hydrogens (tertiary/aromatic N) is 1. The second kappa shape index (κ2) is 6.15. The smallest absolute Gasteiger partial charge is 0.349 e. The Bertz CT molecular complexity index is 960. The summed E-state index contributed by atoms with van der Waals surface area (Å²) in [6.07, 6.45) is 1.29.